The zero-order valence-corrected chi connectivity index (χ0v) is 17.0. The minimum absolute atomic E-state index is 0.111. The Morgan fingerprint density at radius 3 is 2.56 bits per heavy atom. The van der Waals surface area contributed by atoms with Crippen molar-refractivity contribution in [1.29, 1.82) is 0 Å². The largest absolute Gasteiger partial charge is 0.378 e. The van der Waals surface area contributed by atoms with E-state index in [4.69, 9.17) is 0 Å². The second kappa shape index (κ2) is 7.60. The summed E-state index contributed by atoms with van der Waals surface area (Å²) in [5.41, 5.74) is 6.47. The van der Waals surface area contributed by atoms with E-state index < -0.39 is 10.0 Å². The maximum absolute atomic E-state index is 12.2. The first-order valence-corrected chi connectivity index (χ1v) is 10.7. The van der Waals surface area contributed by atoms with Crippen LogP contribution in [0.15, 0.2) is 36.5 Å². The van der Waals surface area contributed by atoms with Crippen molar-refractivity contribution < 1.29 is 8.42 Å². The molecule has 3 rings (SSSR count). The predicted molar refractivity (Wildman–Crippen MR) is 111 cm³/mol. The second-order valence-corrected chi connectivity index (χ2v) is 8.62. The van der Waals surface area contributed by atoms with Crippen LogP contribution in [0.1, 0.15) is 35.9 Å². The van der Waals surface area contributed by atoms with Gasteiger partial charge in [-0.2, -0.15) is 0 Å². The molecule has 0 aliphatic rings. The van der Waals surface area contributed by atoms with E-state index in [1.165, 1.54) is 0 Å². The molecule has 6 nitrogen and oxygen atoms in total. The van der Waals surface area contributed by atoms with Gasteiger partial charge in [0, 0.05) is 18.4 Å². The maximum Gasteiger partial charge on any atom is 0.232 e. The first-order chi connectivity index (χ1) is 12.8. The van der Waals surface area contributed by atoms with Crippen LogP contribution >= 0.6 is 0 Å². The molecule has 0 radical (unpaired) electrons. The first-order valence-electron chi connectivity index (χ1n) is 9.09. The van der Waals surface area contributed by atoms with E-state index >= 15 is 0 Å². The Bertz CT molecular complexity index is 1070. The van der Waals surface area contributed by atoms with Gasteiger partial charge in [-0.1, -0.05) is 19.1 Å². The van der Waals surface area contributed by atoms with Crippen molar-refractivity contribution in [3.63, 3.8) is 0 Å². The SMILES string of the molecule is CCCS(=O)(=O)Nc1cccc(C)c1CNc1cccn2c(C)c(C)nc12. The molecule has 0 aliphatic carbocycles. The molecule has 2 heterocycles. The summed E-state index contributed by atoms with van der Waals surface area (Å²) in [5.74, 6) is 0.111. The van der Waals surface area contributed by atoms with Crippen molar-refractivity contribution in [3.05, 3.63) is 59.0 Å². The lowest BCUT2D eigenvalue weighted by atomic mass is 10.1. The van der Waals surface area contributed by atoms with Gasteiger partial charge in [0.05, 0.1) is 22.8 Å². The quantitative estimate of drug-likeness (QED) is 0.643. The van der Waals surface area contributed by atoms with Gasteiger partial charge in [-0.15, -0.1) is 0 Å². The van der Waals surface area contributed by atoms with Crippen molar-refractivity contribution in [1.82, 2.24) is 9.38 Å². The molecule has 0 spiro atoms. The number of nitrogens with one attached hydrogen (secondary N) is 2. The maximum atomic E-state index is 12.2. The van der Waals surface area contributed by atoms with Gasteiger partial charge >= 0.3 is 0 Å². The van der Waals surface area contributed by atoms with Crippen LogP contribution in [-0.2, 0) is 16.6 Å². The molecular formula is C20H26N4O2S. The molecule has 2 N–H and O–H groups in total. The number of aromatic nitrogens is 2. The number of imidazole rings is 1. The van der Waals surface area contributed by atoms with Crippen LogP contribution in [0.25, 0.3) is 5.65 Å². The number of nitrogens with zero attached hydrogens (tertiary/aromatic N) is 2. The standard InChI is InChI=1S/C20H26N4O2S/c1-5-12-27(25,26)23-18-9-6-8-14(2)17(18)13-21-19-10-7-11-24-16(4)15(3)22-20(19)24/h6-11,21,23H,5,12-13H2,1-4H3. The van der Waals surface area contributed by atoms with Crippen molar-refractivity contribution in [2.75, 3.05) is 15.8 Å². The molecule has 27 heavy (non-hydrogen) atoms. The summed E-state index contributed by atoms with van der Waals surface area (Å²) in [6.45, 7) is 8.38. The van der Waals surface area contributed by atoms with Gasteiger partial charge in [-0.25, -0.2) is 13.4 Å². The molecule has 1 aromatic carbocycles. The normalized spacial score (nSPS) is 11.7. The first kappa shape index (κ1) is 19.2. The molecule has 3 aromatic rings. The lowest BCUT2D eigenvalue weighted by Gasteiger charge is -2.16. The number of benzene rings is 1. The second-order valence-electron chi connectivity index (χ2n) is 6.77. The number of pyridine rings is 1. The van der Waals surface area contributed by atoms with Gasteiger partial charge in [-0.05, 0) is 56.5 Å². The molecule has 0 amide bonds. The van der Waals surface area contributed by atoms with Crippen LogP contribution in [0.4, 0.5) is 11.4 Å². The monoisotopic (exact) mass is 386 g/mol. The number of anilines is 2. The van der Waals surface area contributed by atoms with E-state index in [-0.39, 0.29) is 5.75 Å². The van der Waals surface area contributed by atoms with Crippen molar-refractivity contribution in [3.8, 4) is 0 Å². The Morgan fingerprint density at radius 1 is 1.07 bits per heavy atom. The zero-order chi connectivity index (χ0) is 19.6. The molecule has 144 valence electrons. The van der Waals surface area contributed by atoms with E-state index in [0.717, 1.165) is 33.8 Å². The predicted octanol–water partition coefficient (Wildman–Crippen LogP) is 4.02. The van der Waals surface area contributed by atoms with Crippen molar-refractivity contribution in [2.45, 2.75) is 40.7 Å². The van der Waals surface area contributed by atoms with E-state index in [0.29, 0.717) is 18.7 Å². The molecule has 0 atom stereocenters. The molecule has 7 heteroatoms. The van der Waals surface area contributed by atoms with E-state index in [2.05, 4.69) is 19.4 Å². The topological polar surface area (TPSA) is 75.5 Å². The van der Waals surface area contributed by atoms with Gasteiger partial charge in [-0.3, -0.25) is 4.72 Å². The lowest BCUT2D eigenvalue weighted by Crippen LogP contribution is -2.18. The summed E-state index contributed by atoms with van der Waals surface area (Å²) in [5, 5.41) is 3.43. The number of hydrogen-bond acceptors (Lipinski definition) is 4. The molecule has 0 unspecified atom stereocenters. The van der Waals surface area contributed by atoms with Gasteiger partial charge in [0.2, 0.25) is 10.0 Å². The molecular weight excluding hydrogens is 360 g/mol. The number of rotatable bonds is 7. The minimum Gasteiger partial charge on any atom is -0.378 e. The van der Waals surface area contributed by atoms with Crippen LogP contribution in [0.2, 0.25) is 0 Å². The van der Waals surface area contributed by atoms with Crippen molar-refractivity contribution in [2.24, 2.45) is 0 Å². The molecule has 2 aromatic heterocycles. The third kappa shape index (κ3) is 4.08. The molecule has 0 saturated carbocycles. The Labute approximate surface area is 160 Å². The van der Waals surface area contributed by atoms with E-state index in [1.54, 1.807) is 0 Å². The number of fused-ring (bicyclic) bond motifs is 1. The fourth-order valence-electron chi connectivity index (χ4n) is 3.14. The average Bonchev–Trinajstić information content (AvgIpc) is 2.89. The average molecular weight is 387 g/mol. The zero-order valence-electron chi connectivity index (χ0n) is 16.2. The van der Waals surface area contributed by atoms with Crippen LogP contribution in [0.5, 0.6) is 0 Å². The fraction of sp³-hybridized carbons (Fsp3) is 0.350. The number of aryl methyl sites for hydroxylation is 3. The van der Waals surface area contributed by atoms with Crippen LogP contribution < -0.4 is 10.0 Å². The highest BCUT2D eigenvalue weighted by Crippen LogP contribution is 2.24. The Balaban J connectivity index is 1.90. The molecule has 0 aliphatic heterocycles. The lowest BCUT2D eigenvalue weighted by molar-refractivity contribution is 0.600. The van der Waals surface area contributed by atoms with Crippen molar-refractivity contribution >= 4 is 27.0 Å². The number of hydrogen-bond donors (Lipinski definition) is 2. The highest BCUT2D eigenvalue weighted by atomic mass is 32.2. The highest BCUT2D eigenvalue weighted by Gasteiger charge is 2.14. The summed E-state index contributed by atoms with van der Waals surface area (Å²) in [6.07, 6.45) is 2.57. The van der Waals surface area contributed by atoms with Gasteiger partial charge < -0.3 is 9.72 Å². The Hall–Kier alpha value is -2.54. The Morgan fingerprint density at radius 2 is 1.81 bits per heavy atom. The smallest absolute Gasteiger partial charge is 0.232 e. The third-order valence-corrected chi connectivity index (χ3v) is 6.21. The van der Waals surface area contributed by atoms with Crippen LogP contribution in [0.3, 0.4) is 0 Å². The highest BCUT2D eigenvalue weighted by molar-refractivity contribution is 7.92. The summed E-state index contributed by atoms with van der Waals surface area (Å²) < 4.78 is 29.2. The van der Waals surface area contributed by atoms with Gasteiger partial charge in [0.1, 0.15) is 0 Å². The number of sulfonamides is 1. The van der Waals surface area contributed by atoms with Crippen LogP contribution in [0, 0.1) is 20.8 Å². The van der Waals surface area contributed by atoms with Crippen LogP contribution in [-0.4, -0.2) is 23.6 Å². The molecule has 0 fully saturated rings. The van der Waals surface area contributed by atoms with Gasteiger partial charge in [0.25, 0.3) is 0 Å². The summed E-state index contributed by atoms with van der Waals surface area (Å²) in [4.78, 5) is 4.64. The Kier molecular flexibility index (Phi) is 5.41. The summed E-state index contributed by atoms with van der Waals surface area (Å²) in [6, 6.07) is 9.62. The van der Waals surface area contributed by atoms with Gasteiger partial charge in [0.15, 0.2) is 5.65 Å². The third-order valence-electron chi connectivity index (χ3n) is 4.73. The van der Waals surface area contributed by atoms with E-state index in [1.807, 2.05) is 64.2 Å². The molecule has 0 bridgehead atoms. The summed E-state index contributed by atoms with van der Waals surface area (Å²) in [7, 11) is -3.34. The molecule has 0 saturated heterocycles. The van der Waals surface area contributed by atoms with E-state index in [9.17, 15) is 8.42 Å². The minimum atomic E-state index is -3.34. The summed E-state index contributed by atoms with van der Waals surface area (Å²) >= 11 is 0. The fourth-order valence-corrected chi connectivity index (χ4v) is 4.31.